The van der Waals surface area contributed by atoms with E-state index in [1.807, 2.05) is 25.9 Å². The summed E-state index contributed by atoms with van der Waals surface area (Å²) >= 11 is 1.85. The first-order valence-electron chi connectivity index (χ1n) is 3.00. The Bertz CT molecular complexity index is 96.2. The maximum atomic E-state index is 5.60. The number of hydrogen-bond acceptors (Lipinski definition) is 4. The highest BCUT2D eigenvalue weighted by Crippen LogP contribution is 2.16. The number of rotatable bonds is 1. The SMILES string of the molecule is CN(C)C1NC(N)CS1. The van der Waals surface area contributed by atoms with Gasteiger partial charge >= 0.3 is 0 Å². The molecule has 0 aromatic rings. The minimum Gasteiger partial charge on any atom is -0.315 e. The average Bonchev–Trinajstić information content (AvgIpc) is 2.14. The fraction of sp³-hybridized carbons (Fsp3) is 1.00. The summed E-state index contributed by atoms with van der Waals surface area (Å²) in [6, 6.07) is 0. The predicted molar refractivity (Wildman–Crippen MR) is 41.0 cm³/mol. The molecule has 2 unspecified atom stereocenters. The standard InChI is InChI=1S/C5H13N3S/c1-8(2)5-7-4(6)3-9-5/h4-5,7H,3,6H2,1-2H3. The molecule has 1 heterocycles. The molecule has 0 aromatic carbocycles. The van der Waals surface area contributed by atoms with Gasteiger partial charge in [-0.25, -0.2) is 0 Å². The molecule has 4 heteroatoms. The Labute approximate surface area is 60.0 Å². The third-order valence-electron chi connectivity index (χ3n) is 1.26. The van der Waals surface area contributed by atoms with Crippen LogP contribution < -0.4 is 11.1 Å². The summed E-state index contributed by atoms with van der Waals surface area (Å²) < 4.78 is 0. The van der Waals surface area contributed by atoms with Crippen molar-refractivity contribution in [2.45, 2.75) is 11.7 Å². The fourth-order valence-corrected chi connectivity index (χ4v) is 1.83. The Balaban J connectivity index is 2.30. The summed E-state index contributed by atoms with van der Waals surface area (Å²) in [5, 5.41) is 3.22. The van der Waals surface area contributed by atoms with Crippen LogP contribution in [0.4, 0.5) is 0 Å². The van der Waals surface area contributed by atoms with E-state index in [0.717, 1.165) is 5.75 Å². The van der Waals surface area contributed by atoms with Gasteiger partial charge in [-0.1, -0.05) is 0 Å². The van der Waals surface area contributed by atoms with Crippen molar-refractivity contribution in [3.8, 4) is 0 Å². The molecule has 54 valence electrons. The highest BCUT2D eigenvalue weighted by molar-refractivity contribution is 8.00. The largest absolute Gasteiger partial charge is 0.315 e. The monoisotopic (exact) mass is 147 g/mol. The lowest BCUT2D eigenvalue weighted by Crippen LogP contribution is -2.42. The minimum absolute atomic E-state index is 0.183. The van der Waals surface area contributed by atoms with E-state index in [-0.39, 0.29) is 6.17 Å². The molecule has 1 rings (SSSR count). The molecule has 2 atom stereocenters. The van der Waals surface area contributed by atoms with Gasteiger partial charge in [0.15, 0.2) is 0 Å². The van der Waals surface area contributed by atoms with E-state index in [1.54, 1.807) is 0 Å². The first-order chi connectivity index (χ1) is 4.20. The second kappa shape index (κ2) is 2.88. The van der Waals surface area contributed by atoms with Crippen LogP contribution in [0, 0.1) is 0 Å². The quantitative estimate of drug-likeness (QED) is 0.522. The lowest BCUT2D eigenvalue weighted by molar-refractivity contribution is 0.329. The Hall–Kier alpha value is 0.230. The van der Waals surface area contributed by atoms with E-state index < -0.39 is 0 Å². The van der Waals surface area contributed by atoms with Crippen molar-refractivity contribution in [3.63, 3.8) is 0 Å². The minimum atomic E-state index is 0.183. The van der Waals surface area contributed by atoms with Crippen molar-refractivity contribution in [2.24, 2.45) is 5.73 Å². The Kier molecular flexibility index (Phi) is 2.35. The highest BCUT2D eigenvalue weighted by Gasteiger charge is 2.21. The normalized spacial score (nSPS) is 36.0. The Morgan fingerprint density at radius 2 is 2.33 bits per heavy atom. The Morgan fingerprint density at radius 1 is 1.67 bits per heavy atom. The molecule has 0 saturated carbocycles. The lowest BCUT2D eigenvalue weighted by Gasteiger charge is -2.18. The van der Waals surface area contributed by atoms with Gasteiger partial charge in [0.25, 0.3) is 0 Å². The number of hydrogen-bond donors (Lipinski definition) is 2. The molecule has 0 aromatic heterocycles. The molecule has 0 amide bonds. The van der Waals surface area contributed by atoms with Crippen LogP contribution in [-0.2, 0) is 0 Å². The zero-order valence-electron chi connectivity index (χ0n) is 5.79. The molecular weight excluding hydrogens is 134 g/mol. The van der Waals surface area contributed by atoms with Crippen molar-refractivity contribution in [1.82, 2.24) is 10.2 Å². The fourth-order valence-electron chi connectivity index (χ4n) is 0.772. The van der Waals surface area contributed by atoms with Crippen LogP contribution in [0.2, 0.25) is 0 Å². The second-order valence-corrected chi connectivity index (χ2v) is 3.54. The van der Waals surface area contributed by atoms with Gasteiger partial charge < -0.3 is 5.73 Å². The summed E-state index contributed by atoms with van der Waals surface area (Å²) in [5.74, 6) is 1.02. The van der Waals surface area contributed by atoms with Gasteiger partial charge in [0.05, 0.1) is 6.17 Å². The summed E-state index contributed by atoms with van der Waals surface area (Å²) in [7, 11) is 4.09. The van der Waals surface area contributed by atoms with Crippen LogP contribution in [-0.4, -0.2) is 36.4 Å². The first-order valence-corrected chi connectivity index (χ1v) is 4.04. The van der Waals surface area contributed by atoms with Crippen LogP contribution in [0.5, 0.6) is 0 Å². The van der Waals surface area contributed by atoms with E-state index >= 15 is 0 Å². The molecule has 0 radical (unpaired) electrons. The smallest absolute Gasteiger partial charge is 0.109 e. The van der Waals surface area contributed by atoms with Crippen LogP contribution in [0.3, 0.4) is 0 Å². The number of nitrogens with zero attached hydrogens (tertiary/aromatic N) is 1. The summed E-state index contributed by atoms with van der Waals surface area (Å²) in [6.07, 6.45) is 0.183. The number of nitrogens with two attached hydrogens (primary N) is 1. The molecule has 9 heavy (non-hydrogen) atoms. The first kappa shape index (κ1) is 7.34. The van der Waals surface area contributed by atoms with Gasteiger partial charge in [-0.15, -0.1) is 11.8 Å². The molecule has 1 aliphatic rings. The van der Waals surface area contributed by atoms with Gasteiger partial charge in [0.1, 0.15) is 5.50 Å². The molecule has 3 nitrogen and oxygen atoms in total. The van der Waals surface area contributed by atoms with Crippen molar-refractivity contribution < 1.29 is 0 Å². The van der Waals surface area contributed by atoms with Gasteiger partial charge in [-0.2, -0.15) is 0 Å². The van der Waals surface area contributed by atoms with Gasteiger partial charge in [0, 0.05) is 5.75 Å². The highest BCUT2D eigenvalue weighted by atomic mass is 32.2. The summed E-state index contributed by atoms with van der Waals surface area (Å²) in [6.45, 7) is 0. The van der Waals surface area contributed by atoms with E-state index in [9.17, 15) is 0 Å². The molecule has 3 N–H and O–H groups in total. The molecule has 1 fully saturated rings. The average molecular weight is 147 g/mol. The van der Waals surface area contributed by atoms with Crippen LogP contribution >= 0.6 is 11.8 Å². The zero-order chi connectivity index (χ0) is 6.85. The van der Waals surface area contributed by atoms with E-state index in [0.29, 0.717) is 5.50 Å². The molecular formula is C5H13N3S. The molecule has 0 bridgehead atoms. The van der Waals surface area contributed by atoms with Crippen LogP contribution in [0.25, 0.3) is 0 Å². The van der Waals surface area contributed by atoms with Gasteiger partial charge in [-0.3, -0.25) is 10.2 Å². The Morgan fingerprint density at radius 3 is 2.56 bits per heavy atom. The van der Waals surface area contributed by atoms with Gasteiger partial charge in [-0.05, 0) is 14.1 Å². The van der Waals surface area contributed by atoms with E-state index in [1.165, 1.54) is 0 Å². The third kappa shape index (κ3) is 1.82. The predicted octanol–water partition coefficient (Wildman–Crippen LogP) is -0.547. The zero-order valence-corrected chi connectivity index (χ0v) is 6.61. The van der Waals surface area contributed by atoms with E-state index in [2.05, 4.69) is 10.2 Å². The lowest BCUT2D eigenvalue weighted by atomic mass is 10.6. The maximum absolute atomic E-state index is 5.60. The second-order valence-electron chi connectivity index (χ2n) is 2.42. The summed E-state index contributed by atoms with van der Waals surface area (Å²) in [5.41, 5.74) is 6.02. The molecule has 0 spiro atoms. The van der Waals surface area contributed by atoms with E-state index in [4.69, 9.17) is 5.73 Å². The number of nitrogens with one attached hydrogen (secondary N) is 1. The molecule has 1 saturated heterocycles. The molecule has 0 aliphatic carbocycles. The topological polar surface area (TPSA) is 41.3 Å². The van der Waals surface area contributed by atoms with Crippen molar-refractivity contribution >= 4 is 11.8 Å². The number of thioether (sulfide) groups is 1. The van der Waals surface area contributed by atoms with Crippen molar-refractivity contribution in [2.75, 3.05) is 19.8 Å². The van der Waals surface area contributed by atoms with Crippen LogP contribution in [0.1, 0.15) is 0 Å². The van der Waals surface area contributed by atoms with Crippen LogP contribution in [0.15, 0.2) is 0 Å². The third-order valence-corrected chi connectivity index (χ3v) is 2.68. The summed E-state index contributed by atoms with van der Waals surface area (Å²) in [4.78, 5) is 2.12. The van der Waals surface area contributed by atoms with Gasteiger partial charge in [0.2, 0.25) is 0 Å². The molecule has 1 aliphatic heterocycles. The van der Waals surface area contributed by atoms with Crippen molar-refractivity contribution in [1.29, 1.82) is 0 Å². The maximum Gasteiger partial charge on any atom is 0.109 e. The van der Waals surface area contributed by atoms with Crippen molar-refractivity contribution in [3.05, 3.63) is 0 Å².